The maximum atomic E-state index is 6.06. The van der Waals surface area contributed by atoms with Crippen LogP contribution in [-0.2, 0) is 6.54 Å². The number of nitrogens with one attached hydrogen (secondary N) is 1. The first kappa shape index (κ1) is 11.4. The summed E-state index contributed by atoms with van der Waals surface area (Å²) in [6, 6.07) is 2.70. The minimum absolute atomic E-state index is 0.714. The van der Waals surface area contributed by atoms with E-state index in [9.17, 15) is 0 Å². The Labute approximate surface area is 101 Å². The molecule has 1 aromatic rings. The van der Waals surface area contributed by atoms with Crippen LogP contribution >= 0.6 is 22.9 Å². The Kier molecular flexibility index (Phi) is 4.48. The van der Waals surface area contributed by atoms with Crippen LogP contribution in [0.2, 0.25) is 5.02 Å². The zero-order chi connectivity index (χ0) is 10.5. The second kappa shape index (κ2) is 5.88. The highest BCUT2D eigenvalue weighted by atomic mass is 35.5. The topological polar surface area (TPSA) is 12.0 Å². The van der Waals surface area contributed by atoms with Gasteiger partial charge in [-0.25, -0.2) is 0 Å². The Balaban J connectivity index is 1.79. The molecule has 1 N–H and O–H groups in total. The average molecular weight is 244 g/mol. The van der Waals surface area contributed by atoms with Crippen molar-refractivity contribution in [2.75, 3.05) is 0 Å². The fourth-order valence-electron chi connectivity index (χ4n) is 2.17. The number of hydrogen-bond acceptors (Lipinski definition) is 2. The van der Waals surface area contributed by atoms with E-state index in [0.29, 0.717) is 6.04 Å². The second-order valence-corrected chi connectivity index (χ2v) is 5.67. The first-order chi connectivity index (χ1) is 7.36. The Morgan fingerprint density at radius 3 is 2.60 bits per heavy atom. The van der Waals surface area contributed by atoms with Crippen LogP contribution in [0.1, 0.15) is 43.4 Å². The zero-order valence-electron chi connectivity index (χ0n) is 8.97. The van der Waals surface area contributed by atoms with Crippen LogP contribution in [0.4, 0.5) is 0 Å². The molecule has 1 nitrogen and oxygen atoms in total. The molecule has 0 aliphatic heterocycles. The van der Waals surface area contributed by atoms with Gasteiger partial charge in [-0.1, -0.05) is 37.3 Å². The molecule has 3 heteroatoms. The maximum Gasteiger partial charge on any atom is 0.0558 e. The Hall–Kier alpha value is -0.0500. The molecule has 2 rings (SSSR count). The van der Waals surface area contributed by atoms with Crippen LogP contribution in [-0.4, -0.2) is 6.04 Å². The number of thiophene rings is 1. The fraction of sp³-hybridized carbons (Fsp3) is 0.667. The summed E-state index contributed by atoms with van der Waals surface area (Å²) in [7, 11) is 0. The summed E-state index contributed by atoms with van der Waals surface area (Å²) in [4.78, 5) is 1.28. The average Bonchev–Trinajstić information content (AvgIpc) is 2.53. The lowest BCUT2D eigenvalue weighted by molar-refractivity contribution is 0.461. The van der Waals surface area contributed by atoms with Crippen LogP contribution < -0.4 is 5.32 Å². The quantitative estimate of drug-likeness (QED) is 0.784. The summed E-state index contributed by atoms with van der Waals surface area (Å²) in [6.07, 6.45) is 8.27. The molecule has 0 atom stereocenters. The molecule has 0 unspecified atom stereocenters. The first-order valence-corrected chi connectivity index (χ1v) is 7.07. The summed E-state index contributed by atoms with van der Waals surface area (Å²) in [6.45, 7) is 0.946. The van der Waals surface area contributed by atoms with Crippen molar-refractivity contribution in [3.8, 4) is 0 Å². The molecule has 0 saturated heterocycles. The van der Waals surface area contributed by atoms with Crippen LogP contribution in [0.15, 0.2) is 11.4 Å². The molecular weight excluding hydrogens is 226 g/mol. The Morgan fingerprint density at radius 2 is 2.00 bits per heavy atom. The van der Waals surface area contributed by atoms with E-state index in [-0.39, 0.29) is 0 Å². The van der Waals surface area contributed by atoms with Gasteiger partial charge in [-0.3, -0.25) is 0 Å². The van der Waals surface area contributed by atoms with Crippen molar-refractivity contribution in [2.24, 2.45) is 0 Å². The standard InChI is InChI=1S/C12H18ClNS/c13-11-7-8-15-12(11)9-14-10-5-3-1-2-4-6-10/h7-8,10,14H,1-6,9H2. The summed E-state index contributed by atoms with van der Waals surface area (Å²) in [5, 5.41) is 6.61. The van der Waals surface area contributed by atoms with Crippen molar-refractivity contribution < 1.29 is 0 Å². The molecule has 0 spiro atoms. The van der Waals surface area contributed by atoms with E-state index in [1.54, 1.807) is 11.3 Å². The van der Waals surface area contributed by atoms with Crippen LogP contribution in [0.25, 0.3) is 0 Å². The molecule has 1 aromatic heterocycles. The molecule has 0 aromatic carbocycles. The minimum Gasteiger partial charge on any atom is -0.309 e. The summed E-state index contributed by atoms with van der Waals surface area (Å²) in [5.41, 5.74) is 0. The van der Waals surface area contributed by atoms with Gasteiger partial charge in [-0.15, -0.1) is 11.3 Å². The van der Waals surface area contributed by atoms with Gasteiger partial charge in [0.2, 0.25) is 0 Å². The van der Waals surface area contributed by atoms with E-state index in [1.807, 2.05) is 6.07 Å². The van der Waals surface area contributed by atoms with E-state index >= 15 is 0 Å². The van der Waals surface area contributed by atoms with Crippen LogP contribution in [0, 0.1) is 0 Å². The predicted molar refractivity (Wildman–Crippen MR) is 67.7 cm³/mol. The molecule has 0 amide bonds. The smallest absolute Gasteiger partial charge is 0.0558 e. The van der Waals surface area contributed by atoms with E-state index in [1.165, 1.54) is 43.4 Å². The Morgan fingerprint density at radius 1 is 1.27 bits per heavy atom. The molecule has 1 fully saturated rings. The number of rotatable bonds is 3. The lowest BCUT2D eigenvalue weighted by Gasteiger charge is -2.15. The summed E-state index contributed by atoms with van der Waals surface area (Å²) < 4.78 is 0. The molecule has 1 heterocycles. The van der Waals surface area contributed by atoms with Crippen molar-refractivity contribution in [1.82, 2.24) is 5.32 Å². The van der Waals surface area contributed by atoms with Gasteiger partial charge in [-0.05, 0) is 24.3 Å². The first-order valence-electron chi connectivity index (χ1n) is 5.81. The monoisotopic (exact) mass is 243 g/mol. The van der Waals surface area contributed by atoms with E-state index in [4.69, 9.17) is 11.6 Å². The van der Waals surface area contributed by atoms with E-state index in [2.05, 4.69) is 10.7 Å². The number of hydrogen-bond donors (Lipinski definition) is 1. The van der Waals surface area contributed by atoms with Gasteiger partial charge >= 0.3 is 0 Å². The largest absolute Gasteiger partial charge is 0.309 e. The van der Waals surface area contributed by atoms with Crippen molar-refractivity contribution in [2.45, 2.75) is 51.1 Å². The van der Waals surface area contributed by atoms with Crippen LogP contribution in [0.3, 0.4) is 0 Å². The third kappa shape index (κ3) is 3.47. The highest BCUT2D eigenvalue weighted by Gasteiger charge is 2.12. The van der Waals surface area contributed by atoms with Crippen molar-refractivity contribution >= 4 is 22.9 Å². The van der Waals surface area contributed by atoms with Gasteiger partial charge in [0.1, 0.15) is 0 Å². The van der Waals surface area contributed by atoms with Gasteiger partial charge < -0.3 is 5.32 Å². The van der Waals surface area contributed by atoms with Gasteiger partial charge in [-0.2, -0.15) is 0 Å². The van der Waals surface area contributed by atoms with Crippen LogP contribution in [0.5, 0.6) is 0 Å². The third-order valence-corrected chi connectivity index (χ3v) is 4.48. The van der Waals surface area contributed by atoms with Gasteiger partial charge in [0.05, 0.1) is 5.02 Å². The SMILES string of the molecule is Clc1ccsc1CNC1CCCCCC1. The summed E-state index contributed by atoms with van der Waals surface area (Å²) in [5.74, 6) is 0. The Bertz CT molecular complexity index is 290. The summed E-state index contributed by atoms with van der Waals surface area (Å²) >= 11 is 7.81. The zero-order valence-corrected chi connectivity index (χ0v) is 10.5. The highest BCUT2D eigenvalue weighted by molar-refractivity contribution is 7.10. The molecule has 0 bridgehead atoms. The van der Waals surface area contributed by atoms with E-state index < -0.39 is 0 Å². The predicted octanol–water partition coefficient (Wildman–Crippen LogP) is 4.21. The van der Waals surface area contributed by atoms with Gasteiger partial charge in [0.25, 0.3) is 0 Å². The molecule has 1 aliphatic carbocycles. The minimum atomic E-state index is 0.714. The molecule has 1 saturated carbocycles. The highest BCUT2D eigenvalue weighted by Crippen LogP contribution is 2.23. The molecular formula is C12H18ClNS. The normalized spacial score (nSPS) is 19.0. The molecule has 15 heavy (non-hydrogen) atoms. The van der Waals surface area contributed by atoms with Gasteiger partial charge in [0, 0.05) is 17.5 Å². The van der Waals surface area contributed by atoms with Crippen molar-refractivity contribution in [1.29, 1.82) is 0 Å². The molecule has 84 valence electrons. The lowest BCUT2D eigenvalue weighted by Crippen LogP contribution is -2.27. The second-order valence-electron chi connectivity index (χ2n) is 4.26. The molecule has 1 aliphatic rings. The van der Waals surface area contributed by atoms with E-state index in [0.717, 1.165) is 11.6 Å². The van der Waals surface area contributed by atoms with Crippen molar-refractivity contribution in [3.63, 3.8) is 0 Å². The lowest BCUT2D eigenvalue weighted by atomic mass is 10.1. The van der Waals surface area contributed by atoms with Gasteiger partial charge in [0.15, 0.2) is 0 Å². The molecule has 0 radical (unpaired) electrons. The fourth-order valence-corrected chi connectivity index (χ4v) is 3.23. The maximum absolute atomic E-state index is 6.06. The number of halogens is 1. The third-order valence-electron chi connectivity index (χ3n) is 3.10. The van der Waals surface area contributed by atoms with Crippen molar-refractivity contribution in [3.05, 3.63) is 21.3 Å².